The highest BCUT2D eigenvalue weighted by Gasteiger charge is 2.19. The fourth-order valence-corrected chi connectivity index (χ4v) is 3.35. The second-order valence-electron chi connectivity index (χ2n) is 4.86. The van der Waals surface area contributed by atoms with Gasteiger partial charge >= 0.3 is 0 Å². The molecule has 0 saturated carbocycles. The van der Waals surface area contributed by atoms with E-state index in [0.29, 0.717) is 6.54 Å². The molecule has 1 aromatic carbocycles. The second kappa shape index (κ2) is 6.51. The molecule has 0 amide bonds. The van der Waals surface area contributed by atoms with Gasteiger partial charge in [-0.3, -0.25) is 0 Å². The van der Waals surface area contributed by atoms with E-state index in [-0.39, 0.29) is 16.6 Å². The summed E-state index contributed by atoms with van der Waals surface area (Å²) in [7, 11) is -2.35. The van der Waals surface area contributed by atoms with Gasteiger partial charge in [0.15, 0.2) is 11.6 Å². The van der Waals surface area contributed by atoms with Crippen molar-refractivity contribution in [2.45, 2.75) is 17.7 Å². The minimum atomic E-state index is -3.68. The monoisotopic (exact) mass is 302 g/mol. The summed E-state index contributed by atoms with van der Waals surface area (Å²) in [4.78, 5) is -0.0837. The van der Waals surface area contributed by atoms with Gasteiger partial charge in [0.2, 0.25) is 10.0 Å². The topological polar surface area (TPSA) is 67.4 Å². The van der Waals surface area contributed by atoms with E-state index in [4.69, 9.17) is 4.74 Å². The second-order valence-corrected chi connectivity index (χ2v) is 6.63. The molecule has 1 unspecified atom stereocenters. The van der Waals surface area contributed by atoms with Crippen LogP contribution in [0.1, 0.15) is 12.8 Å². The normalized spacial score (nSPS) is 19.8. The number of rotatable bonds is 5. The van der Waals surface area contributed by atoms with Gasteiger partial charge in [0.05, 0.1) is 12.0 Å². The number of halogens is 1. The number of hydrogen-bond donors (Lipinski definition) is 2. The number of nitrogens with one attached hydrogen (secondary N) is 2. The Bertz CT molecular complexity index is 557. The number of piperidine rings is 1. The third-order valence-corrected chi connectivity index (χ3v) is 4.82. The molecule has 0 aromatic heterocycles. The van der Waals surface area contributed by atoms with E-state index in [1.807, 2.05) is 0 Å². The third kappa shape index (κ3) is 3.68. The molecule has 1 atom stereocenters. The fourth-order valence-electron chi connectivity index (χ4n) is 2.22. The molecular weight excluding hydrogens is 283 g/mol. The van der Waals surface area contributed by atoms with Crippen molar-refractivity contribution in [2.75, 3.05) is 26.7 Å². The first-order valence-electron chi connectivity index (χ1n) is 6.57. The van der Waals surface area contributed by atoms with Crippen LogP contribution in [0.3, 0.4) is 0 Å². The lowest BCUT2D eigenvalue weighted by Gasteiger charge is -2.22. The van der Waals surface area contributed by atoms with Crippen molar-refractivity contribution in [3.05, 3.63) is 24.0 Å². The Kier molecular flexibility index (Phi) is 4.95. The summed E-state index contributed by atoms with van der Waals surface area (Å²) in [5, 5.41) is 3.22. The highest BCUT2D eigenvalue weighted by molar-refractivity contribution is 7.89. The van der Waals surface area contributed by atoms with E-state index in [0.717, 1.165) is 32.0 Å². The molecule has 0 aliphatic carbocycles. The molecule has 1 aliphatic rings. The lowest BCUT2D eigenvalue weighted by atomic mass is 10.0. The maximum atomic E-state index is 13.5. The van der Waals surface area contributed by atoms with Crippen LogP contribution in [0.2, 0.25) is 0 Å². The molecule has 20 heavy (non-hydrogen) atoms. The van der Waals surface area contributed by atoms with Gasteiger partial charge in [-0.25, -0.2) is 17.5 Å². The van der Waals surface area contributed by atoms with E-state index >= 15 is 0 Å². The summed E-state index contributed by atoms with van der Waals surface area (Å²) in [6, 6.07) is 3.62. The quantitative estimate of drug-likeness (QED) is 0.855. The molecule has 2 N–H and O–H groups in total. The number of methoxy groups -OCH3 is 1. The molecule has 1 aromatic rings. The number of ether oxygens (including phenoxy) is 1. The van der Waals surface area contributed by atoms with Crippen LogP contribution < -0.4 is 14.8 Å². The van der Waals surface area contributed by atoms with Crippen molar-refractivity contribution in [3.8, 4) is 5.75 Å². The molecule has 0 spiro atoms. The molecule has 5 nitrogen and oxygen atoms in total. The van der Waals surface area contributed by atoms with Crippen LogP contribution in [-0.4, -0.2) is 35.2 Å². The Morgan fingerprint density at radius 3 is 2.90 bits per heavy atom. The largest absolute Gasteiger partial charge is 0.494 e. The highest BCUT2D eigenvalue weighted by atomic mass is 32.2. The molecule has 1 heterocycles. The van der Waals surface area contributed by atoms with E-state index in [2.05, 4.69) is 10.0 Å². The number of hydrogen-bond acceptors (Lipinski definition) is 4. The summed E-state index contributed by atoms with van der Waals surface area (Å²) in [6.45, 7) is 2.15. The maximum Gasteiger partial charge on any atom is 0.240 e. The van der Waals surface area contributed by atoms with Crippen LogP contribution in [0.4, 0.5) is 4.39 Å². The summed E-state index contributed by atoms with van der Waals surface area (Å²) < 4.78 is 45.0. The first-order valence-corrected chi connectivity index (χ1v) is 8.05. The van der Waals surface area contributed by atoms with Crippen LogP contribution in [0.15, 0.2) is 23.1 Å². The van der Waals surface area contributed by atoms with Crippen molar-refractivity contribution in [3.63, 3.8) is 0 Å². The zero-order chi connectivity index (χ0) is 14.6. The summed E-state index contributed by atoms with van der Waals surface area (Å²) >= 11 is 0. The van der Waals surface area contributed by atoms with Crippen LogP contribution in [0.25, 0.3) is 0 Å². The molecule has 1 saturated heterocycles. The SMILES string of the molecule is COc1ccc(S(=O)(=O)NCC2CCCNC2)cc1F. The molecule has 112 valence electrons. The average Bonchev–Trinajstić information content (AvgIpc) is 2.46. The standard InChI is InChI=1S/C13H19FN2O3S/c1-19-13-5-4-11(7-12(13)14)20(17,18)16-9-10-3-2-6-15-8-10/h4-5,7,10,15-16H,2-3,6,8-9H2,1H3. The lowest BCUT2D eigenvalue weighted by Crippen LogP contribution is -2.38. The molecule has 0 bridgehead atoms. The maximum absolute atomic E-state index is 13.5. The van der Waals surface area contributed by atoms with Crippen LogP contribution >= 0.6 is 0 Å². The van der Waals surface area contributed by atoms with Crippen molar-refractivity contribution in [1.29, 1.82) is 0 Å². The highest BCUT2D eigenvalue weighted by Crippen LogP contribution is 2.20. The van der Waals surface area contributed by atoms with Crippen molar-refractivity contribution in [1.82, 2.24) is 10.0 Å². The number of sulfonamides is 1. The molecule has 1 aliphatic heterocycles. The first-order chi connectivity index (χ1) is 9.53. The van der Waals surface area contributed by atoms with Crippen LogP contribution in [0.5, 0.6) is 5.75 Å². The summed E-state index contributed by atoms with van der Waals surface area (Å²) in [5.74, 6) is -0.378. The minimum Gasteiger partial charge on any atom is -0.494 e. The zero-order valence-corrected chi connectivity index (χ0v) is 12.2. The zero-order valence-electron chi connectivity index (χ0n) is 11.4. The van der Waals surface area contributed by atoms with E-state index in [1.54, 1.807) is 0 Å². The summed E-state index contributed by atoms with van der Waals surface area (Å²) in [6.07, 6.45) is 2.04. The van der Waals surface area contributed by atoms with Crippen LogP contribution in [-0.2, 0) is 10.0 Å². The van der Waals surface area contributed by atoms with Gasteiger partial charge in [0.1, 0.15) is 0 Å². The minimum absolute atomic E-state index is 0.0282. The predicted octanol–water partition coefficient (Wildman–Crippen LogP) is 1.11. The molecule has 0 radical (unpaired) electrons. The molecule has 7 heteroatoms. The smallest absolute Gasteiger partial charge is 0.240 e. The number of benzene rings is 1. The van der Waals surface area contributed by atoms with Gasteiger partial charge in [-0.15, -0.1) is 0 Å². The van der Waals surface area contributed by atoms with Gasteiger partial charge in [-0.1, -0.05) is 0 Å². The fraction of sp³-hybridized carbons (Fsp3) is 0.538. The van der Waals surface area contributed by atoms with Crippen molar-refractivity contribution >= 4 is 10.0 Å². The Balaban J connectivity index is 2.04. The van der Waals surface area contributed by atoms with Crippen LogP contribution in [0, 0.1) is 11.7 Å². The summed E-state index contributed by atoms with van der Waals surface area (Å²) in [5.41, 5.74) is 0. The molecule has 1 fully saturated rings. The van der Waals surface area contributed by atoms with Gasteiger partial charge in [0.25, 0.3) is 0 Å². The third-order valence-electron chi connectivity index (χ3n) is 3.39. The van der Waals surface area contributed by atoms with Crippen molar-refractivity contribution < 1.29 is 17.5 Å². The Morgan fingerprint density at radius 2 is 2.30 bits per heavy atom. The van der Waals surface area contributed by atoms with Gasteiger partial charge < -0.3 is 10.1 Å². The van der Waals surface area contributed by atoms with Gasteiger partial charge in [-0.05, 0) is 50.0 Å². The Hall–Kier alpha value is -1.18. The Morgan fingerprint density at radius 1 is 1.50 bits per heavy atom. The van der Waals surface area contributed by atoms with Crippen molar-refractivity contribution in [2.24, 2.45) is 5.92 Å². The predicted molar refractivity (Wildman–Crippen MR) is 73.7 cm³/mol. The molecular formula is C13H19FN2O3S. The van der Waals surface area contributed by atoms with E-state index in [1.165, 1.54) is 19.2 Å². The molecule has 2 rings (SSSR count). The van der Waals surface area contributed by atoms with E-state index < -0.39 is 15.8 Å². The van der Waals surface area contributed by atoms with Gasteiger partial charge in [-0.2, -0.15) is 0 Å². The lowest BCUT2D eigenvalue weighted by molar-refractivity contribution is 0.375. The first kappa shape index (κ1) is 15.2. The van der Waals surface area contributed by atoms with Gasteiger partial charge in [0, 0.05) is 6.54 Å². The average molecular weight is 302 g/mol. The Labute approximate surface area is 118 Å². The van der Waals surface area contributed by atoms with E-state index in [9.17, 15) is 12.8 Å².